The molecule has 0 fully saturated rings. The number of hydrogen-bond donors (Lipinski definition) is 1. The molecule has 23 heavy (non-hydrogen) atoms. The van der Waals surface area contributed by atoms with Crippen molar-refractivity contribution in [1.82, 2.24) is 14.4 Å². The van der Waals surface area contributed by atoms with Crippen molar-refractivity contribution in [1.29, 1.82) is 0 Å². The second-order valence-corrected chi connectivity index (χ2v) is 5.55. The summed E-state index contributed by atoms with van der Waals surface area (Å²) in [5.74, 6) is 0.0752. The fraction of sp³-hybridized carbons (Fsp3) is 0.167. The maximum absolute atomic E-state index is 10.8. The molecule has 0 aliphatic carbocycles. The lowest BCUT2D eigenvalue weighted by molar-refractivity contribution is -0.137. The monoisotopic (exact) mass is 305 g/mol. The van der Waals surface area contributed by atoms with Crippen molar-refractivity contribution < 1.29 is 9.90 Å². The molecule has 0 atom stereocenters. The molecule has 1 N–H and O–H groups in total. The number of nitrogens with zero attached hydrogens (tertiary/aromatic N) is 3. The van der Waals surface area contributed by atoms with Crippen LogP contribution in [0.25, 0.3) is 27.6 Å². The van der Waals surface area contributed by atoms with E-state index < -0.39 is 5.97 Å². The summed E-state index contributed by atoms with van der Waals surface area (Å²) >= 11 is 0. The smallest absolute Gasteiger partial charge is 0.303 e. The number of rotatable bonds is 4. The first kappa shape index (κ1) is 13.7. The number of aryl methyl sites for hydroxylation is 1. The zero-order chi connectivity index (χ0) is 15.8. The zero-order valence-electron chi connectivity index (χ0n) is 12.4. The van der Waals surface area contributed by atoms with Crippen LogP contribution in [0.2, 0.25) is 0 Å². The minimum absolute atomic E-state index is 0.141. The molecule has 0 saturated carbocycles. The van der Waals surface area contributed by atoms with Gasteiger partial charge < -0.3 is 5.11 Å². The largest absolute Gasteiger partial charge is 0.481 e. The van der Waals surface area contributed by atoms with Crippen LogP contribution in [0.5, 0.6) is 0 Å². The molecule has 5 heteroatoms. The maximum atomic E-state index is 10.8. The lowest BCUT2D eigenvalue weighted by Gasteiger charge is -2.08. The standard InChI is InChI=1S/C18H15N3O2/c22-17(23)11-5-10-16-19-13-7-2-1-6-12(13)18-20-14-8-3-4-9-15(14)21(16)18/h1-4,6-9H,5,10-11H2,(H,22,23). The van der Waals surface area contributed by atoms with Crippen molar-refractivity contribution in [3.63, 3.8) is 0 Å². The van der Waals surface area contributed by atoms with Crippen molar-refractivity contribution >= 4 is 33.6 Å². The fourth-order valence-electron chi connectivity index (χ4n) is 2.98. The van der Waals surface area contributed by atoms with E-state index in [2.05, 4.69) is 4.40 Å². The van der Waals surface area contributed by atoms with Crippen molar-refractivity contribution in [3.8, 4) is 0 Å². The molecule has 0 aliphatic heterocycles. The van der Waals surface area contributed by atoms with Gasteiger partial charge in [-0.25, -0.2) is 9.97 Å². The van der Waals surface area contributed by atoms with Crippen molar-refractivity contribution in [2.75, 3.05) is 0 Å². The predicted octanol–water partition coefficient (Wildman–Crippen LogP) is 3.44. The van der Waals surface area contributed by atoms with Crippen LogP contribution in [0.15, 0.2) is 48.5 Å². The molecule has 2 aromatic carbocycles. The molecule has 0 amide bonds. The van der Waals surface area contributed by atoms with Gasteiger partial charge in [0.15, 0.2) is 0 Å². The minimum Gasteiger partial charge on any atom is -0.481 e. The SMILES string of the molecule is O=C(O)CCCc1nc2ccccc2c2nc3ccccc3n12. The number of para-hydroxylation sites is 3. The number of imidazole rings is 1. The Hall–Kier alpha value is -2.95. The van der Waals surface area contributed by atoms with Gasteiger partial charge in [0.25, 0.3) is 0 Å². The third-order valence-electron chi connectivity index (χ3n) is 4.00. The number of carboxylic acids is 1. The molecular weight excluding hydrogens is 290 g/mol. The first-order valence-electron chi connectivity index (χ1n) is 7.60. The normalized spacial score (nSPS) is 11.5. The number of carboxylic acid groups (broad SMARTS) is 1. The lowest BCUT2D eigenvalue weighted by Crippen LogP contribution is -2.04. The van der Waals surface area contributed by atoms with Gasteiger partial charge in [-0.2, -0.15) is 0 Å². The second-order valence-electron chi connectivity index (χ2n) is 5.55. The lowest BCUT2D eigenvalue weighted by atomic mass is 10.2. The van der Waals surface area contributed by atoms with Crippen LogP contribution < -0.4 is 0 Å². The zero-order valence-corrected chi connectivity index (χ0v) is 12.4. The Morgan fingerprint density at radius 2 is 1.74 bits per heavy atom. The van der Waals surface area contributed by atoms with E-state index >= 15 is 0 Å². The first-order valence-corrected chi connectivity index (χ1v) is 7.60. The van der Waals surface area contributed by atoms with Gasteiger partial charge >= 0.3 is 5.97 Å². The van der Waals surface area contributed by atoms with Crippen molar-refractivity contribution in [3.05, 3.63) is 54.4 Å². The van der Waals surface area contributed by atoms with Crippen LogP contribution in [0.1, 0.15) is 18.7 Å². The van der Waals surface area contributed by atoms with Gasteiger partial charge in [0, 0.05) is 18.2 Å². The van der Waals surface area contributed by atoms with Crippen LogP contribution in [0.3, 0.4) is 0 Å². The third-order valence-corrected chi connectivity index (χ3v) is 4.00. The summed E-state index contributed by atoms with van der Waals surface area (Å²) in [6.07, 6.45) is 1.30. The molecule has 0 saturated heterocycles. The summed E-state index contributed by atoms with van der Waals surface area (Å²) in [5.41, 5.74) is 3.69. The first-order chi connectivity index (χ1) is 11.2. The van der Waals surface area contributed by atoms with Gasteiger partial charge in [0.05, 0.1) is 16.6 Å². The van der Waals surface area contributed by atoms with E-state index in [0.29, 0.717) is 12.8 Å². The van der Waals surface area contributed by atoms with E-state index in [0.717, 1.165) is 33.4 Å². The average molecular weight is 305 g/mol. The van der Waals surface area contributed by atoms with Gasteiger partial charge in [-0.05, 0) is 30.7 Å². The molecule has 0 aliphatic rings. The minimum atomic E-state index is -0.780. The highest BCUT2D eigenvalue weighted by atomic mass is 16.4. The summed E-state index contributed by atoms with van der Waals surface area (Å²) in [6.45, 7) is 0. The summed E-state index contributed by atoms with van der Waals surface area (Å²) in [4.78, 5) is 20.3. The van der Waals surface area contributed by atoms with E-state index in [9.17, 15) is 4.79 Å². The molecule has 0 unspecified atom stereocenters. The van der Waals surface area contributed by atoms with Crippen LogP contribution in [0, 0.1) is 0 Å². The van der Waals surface area contributed by atoms with Crippen molar-refractivity contribution in [2.24, 2.45) is 0 Å². The molecule has 2 heterocycles. The Morgan fingerprint density at radius 3 is 2.57 bits per heavy atom. The number of benzene rings is 2. The van der Waals surface area contributed by atoms with Crippen LogP contribution in [-0.4, -0.2) is 25.4 Å². The molecule has 0 bridgehead atoms. The Bertz CT molecular complexity index is 1040. The maximum Gasteiger partial charge on any atom is 0.303 e. The molecule has 4 rings (SSSR count). The topological polar surface area (TPSA) is 67.5 Å². The van der Waals surface area contributed by atoms with Gasteiger partial charge in [-0.1, -0.05) is 24.3 Å². The quantitative estimate of drug-likeness (QED) is 0.627. The van der Waals surface area contributed by atoms with Gasteiger partial charge in [0.2, 0.25) is 0 Å². The fourth-order valence-corrected chi connectivity index (χ4v) is 2.98. The Morgan fingerprint density at radius 1 is 1.00 bits per heavy atom. The summed E-state index contributed by atoms with van der Waals surface area (Å²) in [7, 11) is 0. The van der Waals surface area contributed by atoms with Gasteiger partial charge in [-0.15, -0.1) is 0 Å². The van der Waals surface area contributed by atoms with Gasteiger partial charge in [0.1, 0.15) is 11.5 Å². The second kappa shape index (κ2) is 5.35. The van der Waals surface area contributed by atoms with E-state index in [1.165, 1.54) is 0 Å². The average Bonchev–Trinajstić information content (AvgIpc) is 2.94. The van der Waals surface area contributed by atoms with Crippen LogP contribution in [0.4, 0.5) is 0 Å². The number of hydrogen-bond acceptors (Lipinski definition) is 3. The summed E-state index contributed by atoms with van der Waals surface area (Å²) < 4.78 is 2.06. The number of fused-ring (bicyclic) bond motifs is 5. The molecule has 0 spiro atoms. The molecule has 2 aromatic heterocycles. The van der Waals surface area contributed by atoms with E-state index in [1.54, 1.807) is 0 Å². The molecule has 114 valence electrons. The van der Waals surface area contributed by atoms with Gasteiger partial charge in [-0.3, -0.25) is 9.20 Å². The Balaban J connectivity index is 1.99. The summed E-state index contributed by atoms with van der Waals surface area (Å²) in [6, 6.07) is 15.9. The highest BCUT2D eigenvalue weighted by Crippen LogP contribution is 2.25. The Kier molecular flexibility index (Phi) is 3.19. The molecule has 0 radical (unpaired) electrons. The Labute approximate surface area is 132 Å². The highest BCUT2D eigenvalue weighted by Gasteiger charge is 2.13. The van der Waals surface area contributed by atoms with Crippen molar-refractivity contribution in [2.45, 2.75) is 19.3 Å². The molecular formula is C18H15N3O2. The summed E-state index contributed by atoms with van der Waals surface area (Å²) in [5, 5.41) is 9.87. The van der Waals surface area contributed by atoms with E-state index in [4.69, 9.17) is 15.1 Å². The third kappa shape index (κ3) is 2.30. The predicted molar refractivity (Wildman–Crippen MR) is 88.6 cm³/mol. The number of carbonyl (C=O) groups is 1. The number of aromatic nitrogens is 3. The van der Waals surface area contributed by atoms with E-state index in [-0.39, 0.29) is 6.42 Å². The number of aliphatic carboxylic acids is 1. The molecule has 5 nitrogen and oxygen atoms in total. The van der Waals surface area contributed by atoms with E-state index in [1.807, 2.05) is 48.5 Å². The molecule has 4 aromatic rings. The van der Waals surface area contributed by atoms with Crippen LogP contribution in [-0.2, 0) is 11.2 Å². The van der Waals surface area contributed by atoms with Crippen LogP contribution >= 0.6 is 0 Å². The highest BCUT2D eigenvalue weighted by molar-refractivity contribution is 5.96.